The summed E-state index contributed by atoms with van der Waals surface area (Å²) in [5.41, 5.74) is 10.6. The quantitative estimate of drug-likeness (QED) is 0.618. The van der Waals surface area contributed by atoms with Gasteiger partial charge in [-0.05, 0) is 59.7 Å². The van der Waals surface area contributed by atoms with E-state index < -0.39 is 0 Å². The third kappa shape index (κ3) is 4.70. The lowest BCUT2D eigenvalue weighted by atomic mass is 9.75. The molecule has 0 spiro atoms. The summed E-state index contributed by atoms with van der Waals surface area (Å²) in [6, 6.07) is 13.4. The van der Waals surface area contributed by atoms with E-state index in [4.69, 9.17) is 19.9 Å². The lowest BCUT2D eigenvalue weighted by molar-refractivity contribution is 0.0728. The Hall–Kier alpha value is -1.95. The monoisotopic (exact) mass is 460 g/mol. The maximum absolute atomic E-state index is 6.69. The first-order valence-electron chi connectivity index (χ1n) is 11.5. The van der Waals surface area contributed by atoms with Crippen LogP contribution in [0.15, 0.2) is 36.4 Å². The van der Waals surface area contributed by atoms with E-state index in [-0.39, 0.29) is 24.4 Å². The summed E-state index contributed by atoms with van der Waals surface area (Å²) in [5.74, 6) is 3.30. The van der Waals surface area contributed by atoms with Crippen molar-refractivity contribution < 1.29 is 14.2 Å². The molecule has 0 radical (unpaired) electrons. The van der Waals surface area contributed by atoms with Gasteiger partial charge in [0.25, 0.3) is 0 Å². The van der Waals surface area contributed by atoms with Crippen LogP contribution < -0.4 is 19.9 Å². The fourth-order valence-corrected chi connectivity index (χ4v) is 5.42. The summed E-state index contributed by atoms with van der Waals surface area (Å²) in [5, 5.41) is 0. The van der Waals surface area contributed by atoms with Crippen LogP contribution in [0.1, 0.15) is 61.3 Å². The fourth-order valence-electron chi connectivity index (χ4n) is 5.42. The highest BCUT2D eigenvalue weighted by Gasteiger charge is 2.41. The van der Waals surface area contributed by atoms with Gasteiger partial charge in [-0.2, -0.15) is 0 Å². The number of hydrogen-bond acceptors (Lipinski definition) is 5. The van der Waals surface area contributed by atoms with Gasteiger partial charge >= 0.3 is 0 Å². The van der Waals surface area contributed by atoms with Crippen LogP contribution in [0, 0.1) is 5.92 Å². The number of fused-ring (bicyclic) bond motifs is 3. The molecule has 0 aliphatic carbocycles. The first kappa shape index (κ1) is 24.7. The van der Waals surface area contributed by atoms with Crippen LogP contribution in [0.4, 0.5) is 0 Å². The molecular formula is C26H37ClN2O3. The van der Waals surface area contributed by atoms with E-state index in [1.165, 1.54) is 36.0 Å². The van der Waals surface area contributed by atoms with Crippen LogP contribution in [-0.2, 0) is 0 Å². The van der Waals surface area contributed by atoms with Gasteiger partial charge in [-0.25, -0.2) is 0 Å². The van der Waals surface area contributed by atoms with Crippen molar-refractivity contribution in [3.63, 3.8) is 0 Å². The Balaban J connectivity index is 0.00000289. The zero-order valence-corrected chi connectivity index (χ0v) is 20.5. The summed E-state index contributed by atoms with van der Waals surface area (Å²) in [7, 11) is 5.12. The van der Waals surface area contributed by atoms with Gasteiger partial charge < -0.3 is 19.9 Å². The second-order valence-corrected chi connectivity index (χ2v) is 8.93. The van der Waals surface area contributed by atoms with Crippen LogP contribution in [0.25, 0.3) is 0 Å². The summed E-state index contributed by atoms with van der Waals surface area (Å²) in [4.78, 5) is 2.66. The summed E-state index contributed by atoms with van der Waals surface area (Å²) >= 11 is 0. The predicted octanol–water partition coefficient (Wildman–Crippen LogP) is 5.16. The van der Waals surface area contributed by atoms with Gasteiger partial charge in [0.15, 0.2) is 11.5 Å². The van der Waals surface area contributed by atoms with E-state index in [1.54, 1.807) is 21.3 Å². The molecule has 2 aliphatic heterocycles. The number of methoxy groups -OCH3 is 3. The molecule has 2 aromatic rings. The molecule has 6 heteroatoms. The van der Waals surface area contributed by atoms with Gasteiger partial charge in [0.1, 0.15) is 5.75 Å². The lowest BCUT2D eigenvalue weighted by Crippen LogP contribution is -2.51. The standard InChI is InChI=1S/C26H36N2O3.ClH/c1-5-6-7-18-15-28-16-22(17-8-10-19(29-2)11-9-17)20-12-25(30-3)26(31-4)13-21(20)24(28)14-23(18)27;/h8-13,18,22-24H,5-7,14-16,27H2,1-4H3;1H/t18-,22-,23-,24-;/m1./s1. The van der Waals surface area contributed by atoms with E-state index >= 15 is 0 Å². The predicted molar refractivity (Wildman–Crippen MR) is 132 cm³/mol. The maximum atomic E-state index is 6.69. The second kappa shape index (κ2) is 10.8. The Morgan fingerprint density at radius 1 is 0.938 bits per heavy atom. The van der Waals surface area contributed by atoms with E-state index in [1.807, 2.05) is 0 Å². The van der Waals surface area contributed by atoms with Crippen molar-refractivity contribution in [2.75, 3.05) is 34.4 Å². The molecule has 0 unspecified atom stereocenters. The smallest absolute Gasteiger partial charge is 0.161 e. The number of ether oxygens (including phenoxy) is 3. The Kier molecular flexibility index (Phi) is 8.32. The molecule has 5 nitrogen and oxygen atoms in total. The van der Waals surface area contributed by atoms with Crippen molar-refractivity contribution >= 4 is 12.4 Å². The molecule has 0 amide bonds. The molecule has 4 rings (SSSR count). The average Bonchev–Trinajstić information content (AvgIpc) is 2.81. The molecule has 0 saturated carbocycles. The molecule has 0 bridgehead atoms. The van der Waals surface area contributed by atoms with E-state index in [0.717, 1.165) is 36.8 Å². The van der Waals surface area contributed by atoms with Gasteiger partial charge in [0.2, 0.25) is 0 Å². The molecule has 176 valence electrons. The maximum Gasteiger partial charge on any atom is 0.161 e. The molecule has 1 fully saturated rings. The van der Waals surface area contributed by atoms with Gasteiger partial charge in [-0.15, -0.1) is 12.4 Å². The Labute approximate surface area is 198 Å². The SMILES string of the molecule is CCCC[C@@H]1CN2C[C@H](c3ccc(OC)cc3)c3cc(OC)c(OC)cc3[C@H]2C[C@H]1N.Cl. The third-order valence-corrected chi connectivity index (χ3v) is 7.20. The average molecular weight is 461 g/mol. The number of nitrogens with zero attached hydrogens (tertiary/aromatic N) is 1. The molecule has 4 atom stereocenters. The first-order valence-corrected chi connectivity index (χ1v) is 11.5. The molecule has 1 saturated heterocycles. The fraction of sp³-hybridized carbons (Fsp3) is 0.538. The molecule has 2 N–H and O–H groups in total. The molecule has 2 aromatic carbocycles. The van der Waals surface area contributed by atoms with Crippen molar-refractivity contribution in [1.82, 2.24) is 4.90 Å². The number of halogens is 1. The molecule has 0 aromatic heterocycles. The zero-order chi connectivity index (χ0) is 22.0. The minimum Gasteiger partial charge on any atom is -0.497 e. The minimum absolute atomic E-state index is 0. The molecule has 2 heterocycles. The highest BCUT2D eigenvalue weighted by molar-refractivity contribution is 5.85. The minimum atomic E-state index is 0. The normalized spacial score (nSPS) is 24.7. The topological polar surface area (TPSA) is 57.0 Å². The highest BCUT2D eigenvalue weighted by atomic mass is 35.5. The van der Waals surface area contributed by atoms with Gasteiger partial charge in [0.05, 0.1) is 21.3 Å². The summed E-state index contributed by atoms with van der Waals surface area (Å²) in [6.45, 7) is 4.31. The second-order valence-electron chi connectivity index (χ2n) is 8.93. The van der Waals surface area contributed by atoms with Crippen molar-refractivity contribution in [2.24, 2.45) is 11.7 Å². The van der Waals surface area contributed by atoms with Gasteiger partial charge in [-0.3, -0.25) is 4.90 Å². The van der Waals surface area contributed by atoms with Crippen molar-refractivity contribution in [3.8, 4) is 17.2 Å². The Morgan fingerprint density at radius 2 is 1.59 bits per heavy atom. The number of nitrogens with two attached hydrogens (primary N) is 1. The number of benzene rings is 2. The third-order valence-electron chi connectivity index (χ3n) is 7.20. The molecule has 32 heavy (non-hydrogen) atoms. The van der Waals surface area contributed by atoms with Gasteiger partial charge in [-0.1, -0.05) is 31.9 Å². The van der Waals surface area contributed by atoms with Crippen molar-refractivity contribution in [1.29, 1.82) is 0 Å². The van der Waals surface area contributed by atoms with Crippen molar-refractivity contribution in [3.05, 3.63) is 53.1 Å². The summed E-state index contributed by atoms with van der Waals surface area (Å²) in [6.07, 6.45) is 4.68. The van der Waals surface area contributed by atoms with E-state index in [2.05, 4.69) is 48.2 Å². The zero-order valence-electron chi connectivity index (χ0n) is 19.7. The molecular weight excluding hydrogens is 424 g/mol. The molecule has 2 aliphatic rings. The number of unbranched alkanes of at least 4 members (excludes halogenated alkanes) is 1. The van der Waals surface area contributed by atoms with Crippen LogP contribution >= 0.6 is 12.4 Å². The van der Waals surface area contributed by atoms with Crippen molar-refractivity contribution in [2.45, 2.75) is 50.6 Å². The van der Waals surface area contributed by atoms with E-state index in [0.29, 0.717) is 12.0 Å². The first-order chi connectivity index (χ1) is 15.1. The van der Waals surface area contributed by atoms with Crippen LogP contribution in [0.2, 0.25) is 0 Å². The van der Waals surface area contributed by atoms with Crippen LogP contribution in [0.3, 0.4) is 0 Å². The van der Waals surface area contributed by atoms with Crippen LogP contribution in [-0.4, -0.2) is 45.4 Å². The Bertz CT molecular complexity index is 889. The van der Waals surface area contributed by atoms with E-state index in [9.17, 15) is 0 Å². The van der Waals surface area contributed by atoms with Gasteiger partial charge in [0, 0.05) is 31.1 Å². The number of piperidine rings is 1. The largest absolute Gasteiger partial charge is 0.497 e. The van der Waals surface area contributed by atoms with Crippen LogP contribution in [0.5, 0.6) is 17.2 Å². The number of hydrogen-bond donors (Lipinski definition) is 1. The highest BCUT2D eigenvalue weighted by Crippen LogP contribution is 2.48. The Morgan fingerprint density at radius 3 is 2.19 bits per heavy atom. The lowest BCUT2D eigenvalue weighted by Gasteiger charge is -2.48. The summed E-state index contributed by atoms with van der Waals surface area (Å²) < 4.78 is 16.7. The number of rotatable bonds is 7.